The van der Waals surface area contributed by atoms with Crippen molar-refractivity contribution in [1.29, 1.82) is 0 Å². The molecule has 28 heavy (non-hydrogen) atoms. The monoisotopic (exact) mass is 441 g/mol. The lowest BCUT2D eigenvalue weighted by atomic mass is 10.1. The van der Waals surface area contributed by atoms with Gasteiger partial charge in [0.2, 0.25) is 5.91 Å². The first-order valence-electron chi connectivity index (χ1n) is 8.61. The minimum absolute atomic E-state index is 0.175. The molecule has 2 atom stereocenters. The van der Waals surface area contributed by atoms with E-state index in [2.05, 4.69) is 31.6 Å². The summed E-state index contributed by atoms with van der Waals surface area (Å²) in [6.07, 6.45) is 0. The van der Waals surface area contributed by atoms with Crippen LogP contribution >= 0.6 is 15.9 Å². The number of hydrogen-bond donors (Lipinski definition) is 1. The van der Waals surface area contributed by atoms with E-state index in [0.29, 0.717) is 11.4 Å². The predicted molar refractivity (Wildman–Crippen MR) is 106 cm³/mol. The first kappa shape index (κ1) is 18.3. The van der Waals surface area contributed by atoms with Crippen molar-refractivity contribution in [2.45, 2.75) is 19.0 Å². The summed E-state index contributed by atoms with van der Waals surface area (Å²) >= 11 is 3.33. The van der Waals surface area contributed by atoms with Crippen molar-refractivity contribution in [2.75, 3.05) is 16.8 Å². The Kier molecular flexibility index (Phi) is 4.68. The smallest absolute Gasteiger partial charge is 0.263 e. The Hall–Kier alpha value is -3.07. The molecule has 2 heterocycles. The van der Waals surface area contributed by atoms with E-state index in [1.54, 1.807) is 36.4 Å². The van der Waals surface area contributed by atoms with Crippen molar-refractivity contribution in [3.63, 3.8) is 0 Å². The number of fused-ring (bicyclic) bond motifs is 1. The van der Waals surface area contributed by atoms with Gasteiger partial charge in [-0.15, -0.1) is 0 Å². The lowest BCUT2D eigenvalue weighted by Gasteiger charge is -2.20. The van der Waals surface area contributed by atoms with Crippen LogP contribution in [0.15, 0.2) is 63.3 Å². The predicted octanol–water partition coefficient (Wildman–Crippen LogP) is 2.69. The van der Waals surface area contributed by atoms with E-state index >= 15 is 0 Å². The van der Waals surface area contributed by atoms with Crippen LogP contribution in [0, 0.1) is 6.92 Å². The molecule has 2 aliphatic heterocycles. The van der Waals surface area contributed by atoms with Crippen LogP contribution in [-0.4, -0.2) is 41.4 Å². The van der Waals surface area contributed by atoms with Gasteiger partial charge in [-0.2, -0.15) is 5.11 Å². The Labute approximate surface area is 169 Å². The molecule has 1 fully saturated rings. The number of amides is 3. The summed E-state index contributed by atoms with van der Waals surface area (Å²) in [6.45, 7) is 1.78. The van der Waals surface area contributed by atoms with Crippen molar-refractivity contribution in [2.24, 2.45) is 10.3 Å². The number of anilines is 2. The summed E-state index contributed by atoms with van der Waals surface area (Å²) in [7, 11) is 0. The van der Waals surface area contributed by atoms with Gasteiger partial charge >= 0.3 is 0 Å². The van der Waals surface area contributed by atoms with Crippen LogP contribution in [0.2, 0.25) is 0 Å². The van der Waals surface area contributed by atoms with Crippen LogP contribution < -0.4 is 10.2 Å². The highest BCUT2D eigenvalue weighted by Crippen LogP contribution is 2.32. The van der Waals surface area contributed by atoms with E-state index in [1.165, 1.54) is 5.01 Å². The van der Waals surface area contributed by atoms with E-state index in [1.807, 2.05) is 19.1 Å². The number of nitrogens with one attached hydrogen (secondary N) is 1. The van der Waals surface area contributed by atoms with Crippen molar-refractivity contribution in [3.8, 4) is 0 Å². The maximum atomic E-state index is 12.9. The molecular formula is C19H16BrN5O3. The molecule has 2 aliphatic rings. The number of halogens is 1. The summed E-state index contributed by atoms with van der Waals surface area (Å²) < 4.78 is 0.838. The van der Waals surface area contributed by atoms with Crippen molar-refractivity contribution < 1.29 is 14.4 Å². The summed E-state index contributed by atoms with van der Waals surface area (Å²) in [4.78, 5) is 39.0. The highest BCUT2D eigenvalue weighted by Gasteiger charge is 2.55. The number of aryl methyl sites for hydroxylation is 1. The molecule has 2 aromatic carbocycles. The van der Waals surface area contributed by atoms with E-state index in [4.69, 9.17) is 0 Å². The third-order valence-corrected chi connectivity index (χ3v) is 5.11. The molecule has 0 unspecified atom stereocenters. The maximum Gasteiger partial charge on any atom is 0.263 e. The number of nitrogens with zero attached hydrogens (tertiary/aromatic N) is 4. The topological polar surface area (TPSA) is 94.4 Å². The summed E-state index contributed by atoms with van der Waals surface area (Å²) in [5.74, 6) is -1.22. The van der Waals surface area contributed by atoms with Crippen molar-refractivity contribution >= 4 is 45.0 Å². The fraction of sp³-hybridized carbons (Fsp3) is 0.211. The summed E-state index contributed by atoms with van der Waals surface area (Å²) in [5.41, 5.74) is 2.19. The lowest BCUT2D eigenvalue weighted by molar-refractivity contribution is -0.123. The fourth-order valence-electron chi connectivity index (χ4n) is 3.18. The van der Waals surface area contributed by atoms with Crippen LogP contribution in [0.3, 0.4) is 0 Å². The zero-order chi connectivity index (χ0) is 19.8. The molecule has 8 nitrogen and oxygen atoms in total. The van der Waals surface area contributed by atoms with Crippen LogP contribution in [-0.2, 0) is 14.4 Å². The van der Waals surface area contributed by atoms with Crippen LogP contribution in [0.4, 0.5) is 11.4 Å². The number of carbonyl (C=O) groups is 3. The summed E-state index contributed by atoms with van der Waals surface area (Å²) in [5, 5.41) is 11.8. The van der Waals surface area contributed by atoms with Gasteiger partial charge < -0.3 is 5.32 Å². The van der Waals surface area contributed by atoms with Crippen molar-refractivity contribution in [1.82, 2.24) is 5.01 Å². The minimum Gasteiger partial charge on any atom is -0.324 e. The third kappa shape index (κ3) is 3.29. The lowest BCUT2D eigenvalue weighted by Crippen LogP contribution is -2.43. The van der Waals surface area contributed by atoms with Gasteiger partial charge in [-0.05, 0) is 43.3 Å². The molecule has 0 bridgehead atoms. The van der Waals surface area contributed by atoms with E-state index in [-0.39, 0.29) is 12.5 Å². The zero-order valence-corrected chi connectivity index (χ0v) is 16.5. The average molecular weight is 442 g/mol. The number of hydrogen-bond acceptors (Lipinski definition) is 6. The molecule has 3 amide bonds. The number of benzene rings is 2. The van der Waals surface area contributed by atoms with Gasteiger partial charge in [-0.25, -0.2) is 4.90 Å². The van der Waals surface area contributed by atoms with Gasteiger partial charge in [0.05, 0.1) is 5.69 Å². The van der Waals surface area contributed by atoms with Crippen LogP contribution in [0.5, 0.6) is 0 Å². The molecule has 1 saturated heterocycles. The Bertz CT molecular complexity index is 974. The molecule has 4 rings (SSSR count). The van der Waals surface area contributed by atoms with Gasteiger partial charge in [-0.1, -0.05) is 38.8 Å². The zero-order valence-electron chi connectivity index (χ0n) is 14.9. The number of imide groups is 1. The second-order valence-corrected chi connectivity index (χ2v) is 7.51. The van der Waals surface area contributed by atoms with Crippen LogP contribution in [0.1, 0.15) is 5.56 Å². The number of carbonyl (C=O) groups excluding carboxylic acids is 3. The Morgan fingerprint density at radius 1 is 1.07 bits per heavy atom. The highest BCUT2D eigenvalue weighted by atomic mass is 79.9. The molecule has 142 valence electrons. The normalized spacial score (nSPS) is 20.6. The minimum atomic E-state index is -0.927. The highest BCUT2D eigenvalue weighted by molar-refractivity contribution is 9.10. The quantitative estimate of drug-likeness (QED) is 0.737. The molecule has 2 aromatic rings. The third-order valence-electron chi connectivity index (χ3n) is 4.58. The molecule has 0 spiro atoms. The van der Waals surface area contributed by atoms with Gasteiger partial charge in [0.15, 0.2) is 12.1 Å². The SMILES string of the molecule is Cc1ccc(NC(=O)CN2N=N[C@H]3C(=O)N(c4ccc(Br)cc4)C(=O)[C@@H]32)cc1. The van der Waals surface area contributed by atoms with E-state index < -0.39 is 23.9 Å². The Morgan fingerprint density at radius 3 is 2.43 bits per heavy atom. The van der Waals surface area contributed by atoms with Crippen LogP contribution in [0.25, 0.3) is 0 Å². The van der Waals surface area contributed by atoms with Gasteiger partial charge in [0, 0.05) is 10.2 Å². The van der Waals surface area contributed by atoms with E-state index in [0.717, 1.165) is 14.9 Å². The molecule has 1 N–H and O–H groups in total. The largest absolute Gasteiger partial charge is 0.324 e. The first-order valence-corrected chi connectivity index (χ1v) is 9.40. The standard InChI is InChI=1S/C19H16BrN5O3/c1-11-2-6-13(7-3-11)21-15(26)10-24-17-16(22-23-24)18(27)25(19(17)28)14-8-4-12(20)5-9-14/h2-9,16-17H,10H2,1H3,(H,21,26)/t16-,17-/m1/s1. The van der Waals surface area contributed by atoms with E-state index in [9.17, 15) is 14.4 Å². The van der Waals surface area contributed by atoms with Gasteiger partial charge in [-0.3, -0.25) is 19.4 Å². The second kappa shape index (κ2) is 7.16. The average Bonchev–Trinajstić information content (AvgIpc) is 3.18. The summed E-state index contributed by atoms with van der Waals surface area (Å²) in [6, 6.07) is 12.4. The molecule has 0 aliphatic carbocycles. The van der Waals surface area contributed by atoms with Gasteiger partial charge in [0.25, 0.3) is 11.8 Å². The molecular weight excluding hydrogens is 426 g/mol. The first-order chi connectivity index (χ1) is 13.4. The van der Waals surface area contributed by atoms with Gasteiger partial charge in [0.1, 0.15) is 6.54 Å². The maximum absolute atomic E-state index is 12.9. The molecule has 9 heteroatoms. The Morgan fingerprint density at radius 2 is 1.75 bits per heavy atom. The molecule has 0 saturated carbocycles. The molecule has 0 aromatic heterocycles. The molecule has 0 radical (unpaired) electrons. The Balaban J connectivity index is 1.48. The second-order valence-electron chi connectivity index (χ2n) is 6.59. The van der Waals surface area contributed by atoms with Crippen molar-refractivity contribution in [3.05, 3.63) is 58.6 Å². The fourth-order valence-corrected chi connectivity index (χ4v) is 3.45. The number of rotatable bonds is 4.